The summed E-state index contributed by atoms with van der Waals surface area (Å²) in [4.78, 5) is 0. The van der Waals surface area contributed by atoms with Gasteiger partial charge in [0.25, 0.3) is 0 Å². The molecule has 0 aliphatic heterocycles. The maximum absolute atomic E-state index is 12.1. The van der Waals surface area contributed by atoms with Crippen molar-refractivity contribution in [1.82, 2.24) is 0 Å². The molecule has 0 amide bonds. The molecule has 0 aliphatic carbocycles. The number of hydrogen-bond acceptors (Lipinski definition) is 0. The van der Waals surface area contributed by atoms with Crippen LogP contribution in [0.2, 0.25) is 0 Å². The molecule has 50 valence electrons. The largest absolute Gasteiger partial charge is 2.00 e. The van der Waals surface area contributed by atoms with Crippen molar-refractivity contribution >= 4 is 23.1 Å². The molecule has 0 atom stereocenters. The van der Waals surface area contributed by atoms with Crippen molar-refractivity contribution < 1.29 is 21.4 Å². The molecule has 0 aromatic heterocycles. The zero-order valence-electron chi connectivity index (χ0n) is 5.70. The normalized spacial score (nSPS) is 7.40. The predicted octanol–water partition coefficient (Wildman–Crippen LogP) is -1.44. The Balaban J connectivity index is 0. The number of benzene rings is 1. The van der Waals surface area contributed by atoms with Gasteiger partial charge in [0, 0.05) is 5.82 Å². The second-order valence-corrected chi connectivity index (χ2v) is 1.69. The molecule has 0 unspecified atom stereocenters. The second kappa shape index (κ2) is 6.13. The first-order chi connectivity index (χ1) is 3.79. The van der Waals surface area contributed by atoms with Crippen LogP contribution < -0.4 is 17.0 Å². The van der Waals surface area contributed by atoms with E-state index < -0.39 is 0 Å². The van der Waals surface area contributed by atoms with Crippen LogP contribution in [-0.4, -0.2) is 23.1 Å². The van der Waals surface area contributed by atoms with Gasteiger partial charge in [-0.1, -0.05) is 6.92 Å². The summed E-state index contributed by atoms with van der Waals surface area (Å²) in [5, 5.41) is 0. The summed E-state index contributed by atoms with van der Waals surface area (Å²) >= 11 is 0. The fourth-order valence-corrected chi connectivity index (χ4v) is 0.549. The van der Waals surface area contributed by atoms with E-state index >= 15 is 0 Å². The molecule has 0 heterocycles. The molecule has 0 radical (unpaired) electrons. The van der Waals surface area contributed by atoms with Crippen molar-refractivity contribution in [1.29, 1.82) is 0 Å². The zero-order chi connectivity index (χ0) is 5.98. The summed E-state index contributed by atoms with van der Waals surface area (Å²) in [7, 11) is 0. The number of halogens is 2. The Morgan fingerprint density at radius 3 is 2.40 bits per heavy atom. The topological polar surface area (TPSA) is 0 Å². The fourth-order valence-electron chi connectivity index (χ4n) is 0.549. The van der Waals surface area contributed by atoms with Gasteiger partial charge in [0.05, 0.1) is 0 Å². The average molecular weight is 213 g/mol. The van der Waals surface area contributed by atoms with Crippen LogP contribution in [0.15, 0.2) is 18.2 Å². The minimum Gasteiger partial charge on any atom is -1.00 e. The molecule has 0 bridgehead atoms. The minimum atomic E-state index is -0.193. The van der Waals surface area contributed by atoms with E-state index in [2.05, 4.69) is 6.07 Å². The monoisotopic (exact) mass is 212 g/mol. The first kappa shape index (κ1) is 13.0. The number of rotatable bonds is 0. The second-order valence-electron chi connectivity index (χ2n) is 1.69. The Hall–Kier alpha value is 0.396. The zero-order valence-corrected chi connectivity index (χ0v) is 8.70. The fraction of sp³-hybridized carbons (Fsp3) is 0.143. The van der Waals surface area contributed by atoms with Crippen LogP contribution in [0.3, 0.4) is 0 Å². The molecule has 1 aromatic carbocycles. The summed E-state index contributed by atoms with van der Waals surface area (Å²) in [6, 6.07) is 7.23. The third-order valence-corrected chi connectivity index (χ3v) is 0.908. The number of aryl methyl sites for hydroxylation is 1. The average Bonchev–Trinajstić information content (AvgIpc) is 1.64. The van der Waals surface area contributed by atoms with Gasteiger partial charge in [-0.3, -0.25) is 0 Å². The first-order valence-electron chi connectivity index (χ1n) is 2.43. The van der Waals surface area contributed by atoms with Crippen LogP contribution >= 0.6 is 0 Å². The van der Waals surface area contributed by atoms with Crippen LogP contribution in [0.5, 0.6) is 0 Å². The van der Waals surface area contributed by atoms with E-state index in [4.69, 9.17) is 0 Å². The van der Waals surface area contributed by atoms with Crippen molar-refractivity contribution in [3.05, 3.63) is 35.6 Å². The Kier molecular flexibility index (Phi) is 7.98. The maximum Gasteiger partial charge on any atom is 2.00 e. The van der Waals surface area contributed by atoms with E-state index in [-0.39, 0.29) is 45.9 Å². The van der Waals surface area contributed by atoms with Gasteiger partial charge >= 0.3 is 23.1 Å². The van der Waals surface area contributed by atoms with Gasteiger partial charge in [0.15, 0.2) is 0 Å². The van der Waals surface area contributed by atoms with Gasteiger partial charge in [-0.25, -0.2) is 4.39 Å². The van der Waals surface area contributed by atoms with Gasteiger partial charge in [-0.2, -0.15) is 17.7 Å². The van der Waals surface area contributed by atoms with E-state index in [1.165, 1.54) is 12.1 Å². The first-order valence-corrected chi connectivity index (χ1v) is 2.43. The van der Waals surface area contributed by atoms with E-state index in [9.17, 15) is 4.39 Å². The number of hydrogen-bond donors (Lipinski definition) is 0. The van der Waals surface area contributed by atoms with Crippen molar-refractivity contribution in [3.8, 4) is 0 Å². The van der Waals surface area contributed by atoms with E-state index in [0.29, 0.717) is 0 Å². The molecule has 1 rings (SSSR count). The van der Waals surface area contributed by atoms with Crippen LogP contribution in [0, 0.1) is 18.8 Å². The molecule has 1 aromatic rings. The summed E-state index contributed by atoms with van der Waals surface area (Å²) in [5.74, 6) is -0.193. The molecule has 0 spiro atoms. The molecular formula is C7H6BrFMg. The van der Waals surface area contributed by atoms with Crippen LogP contribution in [-0.2, 0) is 0 Å². The quantitative estimate of drug-likeness (QED) is 0.366. The van der Waals surface area contributed by atoms with Crippen LogP contribution in [0.4, 0.5) is 4.39 Å². The van der Waals surface area contributed by atoms with Gasteiger partial charge in [-0.15, -0.1) is 12.1 Å². The molecule has 0 nitrogen and oxygen atoms in total. The van der Waals surface area contributed by atoms with Crippen molar-refractivity contribution in [2.75, 3.05) is 0 Å². The Labute approximate surface area is 86.7 Å². The molecular weight excluding hydrogens is 207 g/mol. The Morgan fingerprint density at radius 2 is 2.10 bits per heavy atom. The summed E-state index contributed by atoms with van der Waals surface area (Å²) in [5.41, 5.74) is 0.838. The van der Waals surface area contributed by atoms with E-state index in [1.54, 1.807) is 6.07 Å². The molecule has 0 saturated heterocycles. The van der Waals surface area contributed by atoms with Crippen molar-refractivity contribution in [3.63, 3.8) is 0 Å². The van der Waals surface area contributed by atoms with Crippen LogP contribution in [0.1, 0.15) is 5.56 Å². The molecule has 10 heavy (non-hydrogen) atoms. The minimum absolute atomic E-state index is 0. The molecule has 0 fully saturated rings. The predicted molar refractivity (Wildman–Crippen MR) is 35.7 cm³/mol. The third kappa shape index (κ3) is 4.25. The van der Waals surface area contributed by atoms with Crippen LogP contribution in [0.25, 0.3) is 0 Å². The van der Waals surface area contributed by atoms with Gasteiger partial charge in [-0.05, 0) is 0 Å². The van der Waals surface area contributed by atoms with Gasteiger partial charge < -0.3 is 17.0 Å². The molecule has 0 saturated carbocycles. The summed E-state index contributed by atoms with van der Waals surface area (Å²) < 4.78 is 12.1. The molecule has 0 N–H and O–H groups in total. The van der Waals surface area contributed by atoms with Gasteiger partial charge in [0.2, 0.25) is 0 Å². The SMILES string of the molecule is Cc1[c-]ccc(F)c1.[Br-].[Mg+2]. The van der Waals surface area contributed by atoms with Crippen molar-refractivity contribution in [2.45, 2.75) is 6.92 Å². The maximum atomic E-state index is 12.1. The van der Waals surface area contributed by atoms with Crippen molar-refractivity contribution in [2.24, 2.45) is 0 Å². The Bertz CT molecular complexity index is 173. The van der Waals surface area contributed by atoms with E-state index in [0.717, 1.165) is 5.56 Å². The standard InChI is InChI=1S/C7H6F.BrH.Mg/c1-6-3-2-4-7(8)5-6;;/h2,4-5H,1H3;1H;/q-1;;+2/p-1. The van der Waals surface area contributed by atoms with E-state index in [1.807, 2.05) is 6.92 Å². The van der Waals surface area contributed by atoms with Gasteiger partial charge in [0.1, 0.15) is 0 Å². The Morgan fingerprint density at radius 1 is 1.50 bits per heavy atom. The third-order valence-electron chi connectivity index (χ3n) is 0.908. The summed E-state index contributed by atoms with van der Waals surface area (Å²) in [6.45, 7) is 1.81. The summed E-state index contributed by atoms with van der Waals surface area (Å²) in [6.07, 6.45) is 0. The molecule has 0 aliphatic rings. The smallest absolute Gasteiger partial charge is 1.00 e. The molecule has 3 heteroatoms.